The number of nitrogens with one attached hydrogen (secondary N) is 2. The van der Waals surface area contributed by atoms with Gasteiger partial charge in [-0.2, -0.15) is 0 Å². The molecule has 0 spiro atoms. The minimum Gasteiger partial charge on any atom is -0.381 e. The molecule has 1 aromatic heterocycles. The molecule has 0 amide bonds. The Morgan fingerprint density at radius 1 is 1.19 bits per heavy atom. The summed E-state index contributed by atoms with van der Waals surface area (Å²) in [6.07, 6.45) is 3.36. The van der Waals surface area contributed by atoms with Gasteiger partial charge >= 0.3 is 0 Å². The quantitative estimate of drug-likeness (QED) is 0.808. The third-order valence-electron chi connectivity index (χ3n) is 3.73. The number of anilines is 2. The number of nitrogens with zero attached hydrogens (tertiary/aromatic N) is 2. The summed E-state index contributed by atoms with van der Waals surface area (Å²) < 4.78 is 5.40. The summed E-state index contributed by atoms with van der Waals surface area (Å²) in [6, 6.07) is 2.01. The molecular weight excluding hydrogens is 264 g/mol. The summed E-state index contributed by atoms with van der Waals surface area (Å²) in [5, 5.41) is 6.84. The largest absolute Gasteiger partial charge is 0.381 e. The topological polar surface area (TPSA) is 59.1 Å². The Morgan fingerprint density at radius 3 is 2.48 bits per heavy atom. The summed E-state index contributed by atoms with van der Waals surface area (Å²) in [4.78, 5) is 9.21. The Balaban J connectivity index is 2.00. The monoisotopic (exact) mass is 292 g/mol. The summed E-state index contributed by atoms with van der Waals surface area (Å²) in [5.74, 6) is 3.76. The molecule has 1 aromatic rings. The van der Waals surface area contributed by atoms with Crippen molar-refractivity contribution in [2.75, 3.05) is 36.9 Å². The summed E-state index contributed by atoms with van der Waals surface area (Å²) in [7, 11) is 0. The van der Waals surface area contributed by atoms with Gasteiger partial charge in [-0.3, -0.25) is 0 Å². The second-order valence-electron chi connectivity index (χ2n) is 6.01. The first kappa shape index (κ1) is 16.0. The number of hydrogen-bond donors (Lipinski definition) is 2. The van der Waals surface area contributed by atoms with E-state index < -0.39 is 0 Å². The molecule has 0 bridgehead atoms. The number of aromatic nitrogens is 2. The smallest absolute Gasteiger partial charge is 0.135 e. The van der Waals surface area contributed by atoms with Gasteiger partial charge in [-0.25, -0.2) is 9.97 Å². The minimum atomic E-state index is 0.331. The Bertz CT molecular complexity index is 430. The average Bonchev–Trinajstić information content (AvgIpc) is 2.51. The van der Waals surface area contributed by atoms with Crippen molar-refractivity contribution < 1.29 is 4.74 Å². The maximum Gasteiger partial charge on any atom is 0.135 e. The number of rotatable bonds is 7. The van der Waals surface area contributed by atoms with E-state index in [0.717, 1.165) is 63.0 Å². The standard InChI is InChI=1S/C16H28N4O/c1-4-7-17-14-10-15(20-16(19-14)12(2)3)18-11-13-5-8-21-9-6-13/h10,12-13H,4-9,11H2,1-3H3,(H2,17,18,19,20). The van der Waals surface area contributed by atoms with Crippen LogP contribution in [0.25, 0.3) is 0 Å². The number of ether oxygens (including phenoxy) is 1. The van der Waals surface area contributed by atoms with Gasteiger partial charge in [0.1, 0.15) is 17.5 Å². The van der Waals surface area contributed by atoms with Gasteiger partial charge < -0.3 is 15.4 Å². The van der Waals surface area contributed by atoms with E-state index in [1.807, 2.05) is 6.07 Å². The lowest BCUT2D eigenvalue weighted by molar-refractivity contribution is 0.0699. The van der Waals surface area contributed by atoms with E-state index in [2.05, 4.69) is 41.4 Å². The molecule has 1 aliphatic rings. The van der Waals surface area contributed by atoms with Gasteiger partial charge in [0.15, 0.2) is 0 Å². The van der Waals surface area contributed by atoms with E-state index in [4.69, 9.17) is 4.74 Å². The fraction of sp³-hybridized carbons (Fsp3) is 0.750. The predicted molar refractivity (Wildman–Crippen MR) is 86.9 cm³/mol. The Hall–Kier alpha value is -1.36. The van der Waals surface area contributed by atoms with Crippen LogP contribution < -0.4 is 10.6 Å². The molecule has 2 rings (SSSR count). The first-order valence-electron chi connectivity index (χ1n) is 8.13. The van der Waals surface area contributed by atoms with Gasteiger partial charge in [0.2, 0.25) is 0 Å². The number of hydrogen-bond acceptors (Lipinski definition) is 5. The van der Waals surface area contributed by atoms with Gasteiger partial charge in [0.05, 0.1) is 0 Å². The van der Waals surface area contributed by atoms with Gasteiger partial charge in [-0.05, 0) is 25.2 Å². The van der Waals surface area contributed by atoms with E-state index in [0.29, 0.717) is 11.8 Å². The molecule has 5 heteroatoms. The third-order valence-corrected chi connectivity index (χ3v) is 3.73. The second kappa shape index (κ2) is 8.17. The molecule has 0 unspecified atom stereocenters. The second-order valence-corrected chi connectivity index (χ2v) is 6.01. The van der Waals surface area contributed by atoms with Crippen molar-refractivity contribution in [3.63, 3.8) is 0 Å². The third kappa shape index (κ3) is 5.16. The van der Waals surface area contributed by atoms with Crippen molar-refractivity contribution in [2.24, 2.45) is 5.92 Å². The van der Waals surface area contributed by atoms with Crippen molar-refractivity contribution >= 4 is 11.6 Å². The zero-order valence-electron chi connectivity index (χ0n) is 13.5. The van der Waals surface area contributed by atoms with Crippen LogP contribution in [0.4, 0.5) is 11.6 Å². The van der Waals surface area contributed by atoms with Gasteiger partial charge in [0.25, 0.3) is 0 Å². The van der Waals surface area contributed by atoms with Gasteiger partial charge in [-0.1, -0.05) is 20.8 Å². The summed E-state index contributed by atoms with van der Waals surface area (Å²) in [6.45, 7) is 10.1. The van der Waals surface area contributed by atoms with Crippen molar-refractivity contribution in [2.45, 2.75) is 46.0 Å². The van der Waals surface area contributed by atoms with Crippen molar-refractivity contribution in [1.29, 1.82) is 0 Å². The van der Waals surface area contributed by atoms with Crippen molar-refractivity contribution in [1.82, 2.24) is 9.97 Å². The average molecular weight is 292 g/mol. The zero-order chi connectivity index (χ0) is 15.1. The molecule has 0 aromatic carbocycles. The van der Waals surface area contributed by atoms with Crippen LogP contribution in [0.1, 0.15) is 51.8 Å². The van der Waals surface area contributed by atoms with Crippen LogP contribution >= 0.6 is 0 Å². The van der Waals surface area contributed by atoms with Crippen molar-refractivity contribution in [3.05, 3.63) is 11.9 Å². The summed E-state index contributed by atoms with van der Waals surface area (Å²) in [5.41, 5.74) is 0. The van der Waals surface area contributed by atoms with Crippen LogP contribution in [0.2, 0.25) is 0 Å². The predicted octanol–water partition coefficient (Wildman–Crippen LogP) is 3.26. The molecule has 0 aliphatic carbocycles. The molecule has 0 atom stereocenters. The first-order chi connectivity index (χ1) is 10.2. The summed E-state index contributed by atoms with van der Waals surface area (Å²) >= 11 is 0. The molecule has 1 fully saturated rings. The molecular formula is C16H28N4O. The van der Waals surface area contributed by atoms with Crippen LogP contribution in [0, 0.1) is 5.92 Å². The molecule has 0 saturated carbocycles. The Morgan fingerprint density at radius 2 is 1.86 bits per heavy atom. The Labute approximate surface area is 127 Å². The van der Waals surface area contributed by atoms with E-state index in [1.54, 1.807) is 0 Å². The fourth-order valence-electron chi connectivity index (χ4n) is 2.36. The molecule has 1 saturated heterocycles. The molecule has 1 aliphatic heterocycles. The lowest BCUT2D eigenvalue weighted by Gasteiger charge is -2.22. The highest BCUT2D eigenvalue weighted by Crippen LogP contribution is 2.19. The van der Waals surface area contributed by atoms with Gasteiger partial charge in [-0.15, -0.1) is 0 Å². The van der Waals surface area contributed by atoms with E-state index >= 15 is 0 Å². The molecule has 5 nitrogen and oxygen atoms in total. The van der Waals surface area contributed by atoms with Gasteiger partial charge in [0, 0.05) is 38.3 Å². The zero-order valence-corrected chi connectivity index (χ0v) is 13.5. The molecule has 118 valence electrons. The maximum atomic E-state index is 5.40. The van der Waals surface area contributed by atoms with Crippen LogP contribution in [-0.4, -0.2) is 36.3 Å². The van der Waals surface area contributed by atoms with E-state index in [9.17, 15) is 0 Å². The molecule has 2 heterocycles. The molecule has 2 N–H and O–H groups in total. The highest BCUT2D eigenvalue weighted by atomic mass is 16.5. The highest BCUT2D eigenvalue weighted by molar-refractivity contribution is 5.47. The minimum absolute atomic E-state index is 0.331. The van der Waals surface area contributed by atoms with Crippen LogP contribution in [0.3, 0.4) is 0 Å². The van der Waals surface area contributed by atoms with E-state index in [1.165, 1.54) is 0 Å². The van der Waals surface area contributed by atoms with Crippen LogP contribution in [0.5, 0.6) is 0 Å². The van der Waals surface area contributed by atoms with Crippen LogP contribution in [0.15, 0.2) is 6.07 Å². The maximum absolute atomic E-state index is 5.40. The lowest BCUT2D eigenvalue weighted by Crippen LogP contribution is -2.23. The van der Waals surface area contributed by atoms with Crippen LogP contribution in [-0.2, 0) is 4.74 Å². The fourth-order valence-corrected chi connectivity index (χ4v) is 2.36. The van der Waals surface area contributed by atoms with E-state index in [-0.39, 0.29) is 0 Å². The highest BCUT2D eigenvalue weighted by Gasteiger charge is 2.14. The molecule has 21 heavy (non-hydrogen) atoms. The van der Waals surface area contributed by atoms with Crippen molar-refractivity contribution in [3.8, 4) is 0 Å². The Kier molecular flexibility index (Phi) is 6.23. The SMILES string of the molecule is CCCNc1cc(NCC2CCOCC2)nc(C(C)C)n1. The normalized spacial score (nSPS) is 16.2. The molecule has 0 radical (unpaired) electrons. The lowest BCUT2D eigenvalue weighted by atomic mass is 10.0. The first-order valence-corrected chi connectivity index (χ1v) is 8.13.